The van der Waals surface area contributed by atoms with Crippen LogP contribution in [0.2, 0.25) is 0 Å². The lowest BCUT2D eigenvalue weighted by Gasteiger charge is -2.31. The molecular weight excluding hydrogens is 570 g/mol. The molecule has 1 aromatic rings. The molecule has 0 bridgehead atoms. The minimum absolute atomic E-state index is 0. The fourth-order valence-electron chi connectivity index (χ4n) is 7.78. The number of nitrogens with zero attached hydrogens (tertiary/aromatic N) is 1. The Labute approximate surface area is 271 Å². The first-order valence-electron chi connectivity index (χ1n) is 16.7. The highest BCUT2D eigenvalue weighted by molar-refractivity contribution is 5.80. The van der Waals surface area contributed by atoms with Crippen LogP contribution in [0, 0.1) is 23.7 Å². The van der Waals surface area contributed by atoms with Gasteiger partial charge in [0.15, 0.2) is 0 Å². The van der Waals surface area contributed by atoms with Gasteiger partial charge in [0.1, 0.15) is 23.3 Å². The second-order valence-corrected chi connectivity index (χ2v) is 15.3. The van der Waals surface area contributed by atoms with Gasteiger partial charge in [-0.2, -0.15) is 0 Å². The monoisotopic (exact) mass is 629 g/mol. The summed E-state index contributed by atoms with van der Waals surface area (Å²) < 4.78 is 10.7. The van der Waals surface area contributed by atoms with Crippen LogP contribution in [0.25, 0.3) is 0 Å². The Hall–Kier alpha value is -2.65. The summed E-state index contributed by atoms with van der Waals surface area (Å²) in [4.78, 5) is 36.5. The average molecular weight is 630 g/mol. The van der Waals surface area contributed by atoms with E-state index in [1.807, 2.05) is 20.8 Å². The molecular formula is C36H59N3O6. The van der Waals surface area contributed by atoms with Crippen LogP contribution in [0.3, 0.4) is 0 Å². The maximum Gasteiger partial charge on any atom is 0.410 e. The van der Waals surface area contributed by atoms with Crippen LogP contribution < -0.4 is 16.2 Å². The fraction of sp³-hybridized carbons (Fsp3) is 0.750. The number of carbonyl (C=O) groups excluding carboxylic acids is 3. The van der Waals surface area contributed by atoms with Gasteiger partial charge < -0.3 is 30.4 Å². The number of amides is 1. The highest BCUT2D eigenvalue weighted by Crippen LogP contribution is 2.42. The Balaban J connectivity index is 0.000000187. The zero-order valence-corrected chi connectivity index (χ0v) is 27.7. The van der Waals surface area contributed by atoms with E-state index in [-0.39, 0.29) is 31.0 Å². The number of rotatable bonds is 2. The highest BCUT2D eigenvalue weighted by atomic mass is 16.6. The number of aryl methyl sites for hydroxylation is 1. The van der Waals surface area contributed by atoms with Crippen molar-refractivity contribution in [1.82, 2.24) is 10.2 Å². The van der Waals surface area contributed by atoms with Crippen LogP contribution >= 0.6 is 0 Å². The van der Waals surface area contributed by atoms with Crippen LogP contribution in [0.1, 0.15) is 118 Å². The summed E-state index contributed by atoms with van der Waals surface area (Å²) in [6, 6.07) is 8.36. The van der Waals surface area contributed by atoms with Gasteiger partial charge in [0.2, 0.25) is 0 Å². The molecule has 3 aliphatic carbocycles. The Kier molecular flexibility index (Phi) is 12.5. The molecule has 1 amide bonds. The Morgan fingerprint density at radius 3 is 2.11 bits per heavy atom. The topological polar surface area (TPSA) is 136 Å². The number of nitrogens with one attached hydrogen (secondary N) is 1. The van der Waals surface area contributed by atoms with Gasteiger partial charge in [0.05, 0.1) is 12.0 Å². The molecule has 4 fully saturated rings. The van der Waals surface area contributed by atoms with Crippen molar-refractivity contribution in [2.45, 2.75) is 136 Å². The van der Waals surface area contributed by atoms with Crippen LogP contribution in [-0.2, 0) is 25.5 Å². The van der Waals surface area contributed by atoms with Gasteiger partial charge >= 0.3 is 12.1 Å². The molecule has 5 aliphatic rings. The number of carboxylic acid groups (broad SMARTS) is 1. The SMILES string of the molecule is C.CC(C)(C)OC(=O)N1C[C@@H]2CCC[C@@H]2[C@H]1C(=O)[O-].CC(C)(C)OC(=O)[C@H]1NC[C@@H]2CCC[C@@H]21.[NH3+][C@H]1CCCc2ccccc21. The first-order valence-corrected chi connectivity index (χ1v) is 16.7. The molecule has 2 saturated heterocycles. The van der Waals surface area contributed by atoms with E-state index in [2.05, 4.69) is 35.3 Å². The Bertz CT molecular complexity index is 1160. The number of hydrogen-bond donors (Lipinski definition) is 2. The van der Waals surface area contributed by atoms with Gasteiger partial charge in [-0.1, -0.05) is 44.5 Å². The van der Waals surface area contributed by atoms with Crippen molar-refractivity contribution >= 4 is 18.0 Å². The number of esters is 1. The maximum absolute atomic E-state index is 12.0. The number of aliphatic carboxylic acids is 1. The number of carbonyl (C=O) groups is 3. The molecule has 9 nitrogen and oxygen atoms in total. The predicted octanol–water partition coefficient (Wildman–Crippen LogP) is 4.43. The van der Waals surface area contributed by atoms with Crippen molar-refractivity contribution < 1.29 is 34.7 Å². The normalized spacial score (nSPS) is 29.8. The molecule has 254 valence electrons. The highest BCUT2D eigenvalue weighted by Gasteiger charge is 2.48. The lowest BCUT2D eigenvalue weighted by atomic mass is 9.88. The number of ether oxygens (including phenoxy) is 2. The Morgan fingerprint density at radius 2 is 1.49 bits per heavy atom. The second kappa shape index (κ2) is 15.3. The summed E-state index contributed by atoms with van der Waals surface area (Å²) in [6.45, 7) is 12.6. The van der Waals surface area contributed by atoms with Gasteiger partial charge in [0.25, 0.3) is 0 Å². The number of fused-ring (bicyclic) bond motifs is 3. The molecule has 0 radical (unpaired) electrons. The van der Waals surface area contributed by atoms with E-state index in [1.54, 1.807) is 20.8 Å². The zero-order chi connectivity index (χ0) is 32.2. The van der Waals surface area contributed by atoms with Crippen molar-refractivity contribution in [3.8, 4) is 0 Å². The quantitative estimate of drug-likeness (QED) is 0.462. The smallest absolute Gasteiger partial charge is 0.410 e. The first-order chi connectivity index (χ1) is 20.6. The molecule has 2 heterocycles. The third-order valence-corrected chi connectivity index (χ3v) is 9.66. The van der Waals surface area contributed by atoms with Gasteiger partial charge in [-0.25, -0.2) is 4.79 Å². The minimum Gasteiger partial charge on any atom is -0.548 e. The van der Waals surface area contributed by atoms with Crippen molar-refractivity contribution in [2.75, 3.05) is 13.1 Å². The molecule has 6 rings (SSSR count). The van der Waals surface area contributed by atoms with Crippen LogP contribution in [0.15, 0.2) is 24.3 Å². The lowest BCUT2D eigenvalue weighted by Crippen LogP contribution is -2.54. The third-order valence-electron chi connectivity index (χ3n) is 9.66. The van der Waals surface area contributed by atoms with Crippen molar-refractivity contribution in [3.63, 3.8) is 0 Å². The van der Waals surface area contributed by atoms with Crippen molar-refractivity contribution in [2.24, 2.45) is 23.7 Å². The third kappa shape index (κ3) is 9.67. The van der Waals surface area contributed by atoms with E-state index in [4.69, 9.17) is 9.47 Å². The number of hydrogen-bond acceptors (Lipinski definition) is 7. The number of likely N-dealkylation sites (tertiary alicyclic amines) is 1. The van der Waals surface area contributed by atoms with E-state index >= 15 is 0 Å². The van der Waals surface area contributed by atoms with E-state index in [1.165, 1.54) is 54.6 Å². The number of quaternary nitrogens is 1. The van der Waals surface area contributed by atoms with Crippen LogP contribution in [0.5, 0.6) is 0 Å². The molecule has 0 aromatic heterocycles. The molecule has 0 unspecified atom stereocenters. The van der Waals surface area contributed by atoms with E-state index in [0.29, 0.717) is 30.3 Å². The molecule has 0 spiro atoms. The molecule has 4 N–H and O–H groups in total. The van der Waals surface area contributed by atoms with Crippen LogP contribution in [-0.4, -0.2) is 59.3 Å². The van der Waals surface area contributed by atoms with Gasteiger partial charge in [-0.15, -0.1) is 0 Å². The van der Waals surface area contributed by atoms with Crippen molar-refractivity contribution in [3.05, 3.63) is 35.4 Å². The maximum atomic E-state index is 12.0. The van der Waals surface area contributed by atoms with Gasteiger partial charge in [-0.3, -0.25) is 9.69 Å². The summed E-state index contributed by atoms with van der Waals surface area (Å²) >= 11 is 0. The summed E-state index contributed by atoms with van der Waals surface area (Å²) in [5, 5.41) is 14.6. The molecule has 2 saturated carbocycles. The van der Waals surface area contributed by atoms with Crippen molar-refractivity contribution in [1.29, 1.82) is 0 Å². The molecule has 45 heavy (non-hydrogen) atoms. The molecule has 2 aliphatic heterocycles. The number of carboxylic acids is 1. The number of benzene rings is 1. The van der Waals surface area contributed by atoms with E-state index in [9.17, 15) is 19.5 Å². The zero-order valence-electron chi connectivity index (χ0n) is 27.7. The van der Waals surface area contributed by atoms with Gasteiger partial charge in [-0.05, 0) is 116 Å². The molecule has 1 aromatic carbocycles. The Morgan fingerprint density at radius 1 is 0.867 bits per heavy atom. The van der Waals surface area contributed by atoms with Gasteiger partial charge in [0, 0.05) is 18.5 Å². The summed E-state index contributed by atoms with van der Waals surface area (Å²) in [5.74, 6) is 0.359. The first kappa shape index (κ1) is 36.8. The molecule has 9 heteroatoms. The summed E-state index contributed by atoms with van der Waals surface area (Å²) in [7, 11) is 0. The lowest BCUT2D eigenvalue weighted by molar-refractivity contribution is -0.429. The van der Waals surface area contributed by atoms with Crippen LogP contribution in [0.4, 0.5) is 4.79 Å². The van der Waals surface area contributed by atoms with E-state index in [0.717, 1.165) is 25.8 Å². The van der Waals surface area contributed by atoms with E-state index < -0.39 is 23.7 Å². The fourth-order valence-corrected chi connectivity index (χ4v) is 7.78. The molecule has 7 atom stereocenters. The largest absolute Gasteiger partial charge is 0.548 e. The minimum atomic E-state index is -1.16. The summed E-state index contributed by atoms with van der Waals surface area (Å²) in [5.41, 5.74) is 6.15. The second-order valence-electron chi connectivity index (χ2n) is 15.3. The average Bonchev–Trinajstić information content (AvgIpc) is 3.69. The standard InChI is InChI=1S/C13H21NO4.C12H21NO2.C10H13N.CH4/c1-13(2,3)18-12(17)14-7-8-5-4-6-9(8)10(14)11(15)16;1-12(2,3)15-11(14)10-9-6-4-5-8(9)7-13-10;11-10-7-3-5-8-4-1-2-6-9(8)10;/h8-10H,4-7H2,1-3H3,(H,15,16);8-10,13H,4-7H2,1-3H3;1-2,4,6,10H,3,5,7,11H2;1H4/t2*8-,9-,10-;10-;/m000./s1. The predicted molar refractivity (Wildman–Crippen MR) is 173 cm³/mol. The summed E-state index contributed by atoms with van der Waals surface area (Å²) in [6.07, 6.45) is 9.92.